The average molecular weight is 414 g/mol. The van der Waals surface area contributed by atoms with E-state index in [0.717, 1.165) is 23.0 Å². The smallest absolute Gasteiger partial charge is 0.236 e. The number of carbonyl (C=O) groups is 2. The van der Waals surface area contributed by atoms with Gasteiger partial charge in [0.05, 0.1) is 16.1 Å². The van der Waals surface area contributed by atoms with Gasteiger partial charge in [-0.1, -0.05) is 90.5 Å². The van der Waals surface area contributed by atoms with Crippen molar-refractivity contribution >= 4 is 29.5 Å². The highest BCUT2D eigenvalue weighted by Crippen LogP contribution is 2.61. The lowest BCUT2D eigenvalue weighted by molar-refractivity contribution is -0.122. The van der Waals surface area contributed by atoms with Crippen LogP contribution in [0.4, 0.5) is 5.69 Å². The van der Waals surface area contributed by atoms with Crippen LogP contribution in [-0.4, -0.2) is 12.2 Å². The molecule has 0 saturated carbocycles. The summed E-state index contributed by atoms with van der Waals surface area (Å²) < 4.78 is 0. The van der Waals surface area contributed by atoms with E-state index in [2.05, 4.69) is 17.4 Å². The quantitative estimate of drug-likeness (QED) is 0.566. The molecular formula is C26H20ClNO2. The Labute approximate surface area is 180 Å². The standard InChI is InChI=1S/C26H20ClNO2/c27-22-13-7-12-21-24(22)28-25(30)26(21)20(17-8-3-1-4-9-17)15-14-19(16-29)23(26)18-10-5-2-6-11-18/h1-14,16,20,23H,15H2,(H,28,30)/t20?,23?,26-/m0/s1. The summed E-state index contributed by atoms with van der Waals surface area (Å²) in [6.45, 7) is 0. The van der Waals surface area contributed by atoms with E-state index in [4.69, 9.17) is 11.6 Å². The van der Waals surface area contributed by atoms with E-state index in [1.807, 2.05) is 66.7 Å². The van der Waals surface area contributed by atoms with Crippen molar-refractivity contribution in [3.8, 4) is 0 Å². The minimum atomic E-state index is -0.964. The molecule has 2 aliphatic rings. The molecule has 2 unspecified atom stereocenters. The molecule has 0 aromatic heterocycles. The maximum Gasteiger partial charge on any atom is 0.236 e. The number of nitrogens with one attached hydrogen (secondary N) is 1. The lowest BCUT2D eigenvalue weighted by atomic mass is 9.54. The van der Waals surface area contributed by atoms with Crippen LogP contribution in [0.5, 0.6) is 0 Å². The molecule has 1 N–H and O–H groups in total. The van der Waals surface area contributed by atoms with Crippen molar-refractivity contribution in [2.45, 2.75) is 23.7 Å². The predicted octanol–water partition coefficient (Wildman–Crippen LogP) is 5.63. The third-order valence-corrected chi connectivity index (χ3v) is 6.79. The van der Waals surface area contributed by atoms with Gasteiger partial charge in [0.15, 0.2) is 0 Å². The van der Waals surface area contributed by atoms with E-state index in [0.29, 0.717) is 22.7 Å². The van der Waals surface area contributed by atoms with Gasteiger partial charge in [-0.25, -0.2) is 0 Å². The van der Waals surface area contributed by atoms with E-state index in [1.54, 1.807) is 6.07 Å². The van der Waals surface area contributed by atoms with E-state index in [-0.39, 0.29) is 11.8 Å². The van der Waals surface area contributed by atoms with E-state index >= 15 is 0 Å². The number of hydrogen-bond donors (Lipinski definition) is 1. The second-order valence-corrected chi connectivity index (χ2v) is 8.26. The second kappa shape index (κ2) is 7.26. The van der Waals surface area contributed by atoms with Crippen LogP contribution in [0, 0.1) is 0 Å². The molecule has 1 spiro atoms. The SMILES string of the molecule is O=CC1=CCC(c2ccccc2)[C@@]2(C(=O)Nc3c(Cl)cccc32)C1c1ccccc1. The zero-order valence-corrected chi connectivity index (χ0v) is 17.0. The maximum atomic E-state index is 13.9. The Kier molecular flexibility index (Phi) is 4.56. The highest BCUT2D eigenvalue weighted by molar-refractivity contribution is 6.35. The Hall–Kier alpha value is -3.17. The van der Waals surface area contributed by atoms with Gasteiger partial charge in [-0.2, -0.15) is 0 Å². The van der Waals surface area contributed by atoms with Crippen molar-refractivity contribution in [2.75, 3.05) is 5.32 Å². The summed E-state index contributed by atoms with van der Waals surface area (Å²) in [6, 6.07) is 25.5. The summed E-state index contributed by atoms with van der Waals surface area (Å²) in [5.74, 6) is -0.650. The zero-order chi connectivity index (χ0) is 20.7. The molecule has 3 nitrogen and oxygen atoms in total. The number of amides is 1. The first-order chi connectivity index (χ1) is 14.7. The number of hydrogen-bond acceptors (Lipinski definition) is 2. The van der Waals surface area contributed by atoms with Crippen LogP contribution in [0.2, 0.25) is 5.02 Å². The zero-order valence-electron chi connectivity index (χ0n) is 16.2. The number of halogens is 1. The fourth-order valence-electron chi connectivity index (χ4n) is 5.29. The summed E-state index contributed by atoms with van der Waals surface area (Å²) in [5, 5.41) is 3.57. The number of anilines is 1. The van der Waals surface area contributed by atoms with Crippen LogP contribution in [-0.2, 0) is 15.0 Å². The lowest BCUT2D eigenvalue weighted by Gasteiger charge is -2.45. The van der Waals surface area contributed by atoms with Crippen LogP contribution in [0.25, 0.3) is 0 Å². The van der Waals surface area contributed by atoms with Crippen LogP contribution in [0.1, 0.15) is 34.9 Å². The summed E-state index contributed by atoms with van der Waals surface area (Å²) in [5.41, 5.74) is 3.19. The third-order valence-electron chi connectivity index (χ3n) is 6.47. The summed E-state index contributed by atoms with van der Waals surface area (Å²) in [6.07, 6.45) is 3.49. The number of para-hydroxylation sites is 1. The minimum absolute atomic E-state index is 0.110. The van der Waals surface area contributed by atoms with Gasteiger partial charge in [0.25, 0.3) is 0 Å². The largest absolute Gasteiger partial charge is 0.324 e. The minimum Gasteiger partial charge on any atom is -0.324 e. The molecule has 3 aromatic carbocycles. The highest BCUT2D eigenvalue weighted by Gasteiger charge is 2.60. The van der Waals surface area contributed by atoms with Gasteiger partial charge in [0, 0.05) is 11.8 Å². The van der Waals surface area contributed by atoms with Crippen LogP contribution in [0.3, 0.4) is 0 Å². The first kappa shape index (κ1) is 18.8. The first-order valence-electron chi connectivity index (χ1n) is 10.0. The fraction of sp³-hybridized carbons (Fsp3) is 0.154. The van der Waals surface area contributed by atoms with Crippen LogP contribution >= 0.6 is 11.6 Å². The fourth-order valence-corrected chi connectivity index (χ4v) is 5.51. The van der Waals surface area contributed by atoms with Gasteiger partial charge in [-0.05, 0) is 34.8 Å². The lowest BCUT2D eigenvalue weighted by Crippen LogP contribution is -2.48. The van der Waals surface area contributed by atoms with Crippen LogP contribution in [0.15, 0.2) is 90.5 Å². The molecule has 4 heteroatoms. The summed E-state index contributed by atoms with van der Waals surface area (Å²) >= 11 is 6.50. The van der Waals surface area contributed by atoms with Crippen molar-refractivity contribution in [3.05, 3.63) is 112 Å². The first-order valence-corrected chi connectivity index (χ1v) is 10.4. The van der Waals surface area contributed by atoms with Crippen molar-refractivity contribution in [1.82, 2.24) is 0 Å². The van der Waals surface area contributed by atoms with Gasteiger partial charge in [0.2, 0.25) is 5.91 Å². The highest BCUT2D eigenvalue weighted by atomic mass is 35.5. The maximum absolute atomic E-state index is 13.9. The Morgan fingerprint density at radius 1 is 0.900 bits per heavy atom. The molecule has 1 amide bonds. The van der Waals surface area contributed by atoms with Gasteiger partial charge in [-0.15, -0.1) is 0 Å². The Bertz CT molecular complexity index is 1160. The molecule has 1 aliphatic heterocycles. The summed E-state index contributed by atoms with van der Waals surface area (Å²) in [4.78, 5) is 26.1. The van der Waals surface area contributed by atoms with E-state index in [9.17, 15) is 9.59 Å². The number of rotatable bonds is 3. The number of aldehydes is 1. The topological polar surface area (TPSA) is 46.2 Å². The molecule has 1 heterocycles. The molecule has 5 rings (SSSR count). The molecule has 30 heavy (non-hydrogen) atoms. The molecule has 0 radical (unpaired) electrons. The molecule has 148 valence electrons. The normalized spacial score (nSPS) is 24.8. The molecule has 3 aromatic rings. The molecule has 0 bridgehead atoms. The summed E-state index contributed by atoms with van der Waals surface area (Å²) in [7, 11) is 0. The molecule has 0 saturated heterocycles. The van der Waals surface area contributed by atoms with Crippen molar-refractivity contribution in [1.29, 1.82) is 0 Å². The molecular weight excluding hydrogens is 394 g/mol. The number of allylic oxidation sites excluding steroid dienone is 2. The van der Waals surface area contributed by atoms with Crippen molar-refractivity contribution in [3.63, 3.8) is 0 Å². The van der Waals surface area contributed by atoms with Gasteiger partial charge >= 0.3 is 0 Å². The van der Waals surface area contributed by atoms with E-state index in [1.165, 1.54) is 0 Å². The van der Waals surface area contributed by atoms with Crippen LogP contribution < -0.4 is 5.32 Å². The van der Waals surface area contributed by atoms with Gasteiger partial charge in [0.1, 0.15) is 6.29 Å². The number of carbonyl (C=O) groups excluding carboxylic acids is 2. The van der Waals surface area contributed by atoms with Gasteiger partial charge < -0.3 is 5.32 Å². The molecule has 0 fully saturated rings. The number of benzene rings is 3. The monoisotopic (exact) mass is 413 g/mol. The Balaban J connectivity index is 1.86. The third kappa shape index (κ3) is 2.59. The van der Waals surface area contributed by atoms with Crippen molar-refractivity contribution in [2.24, 2.45) is 0 Å². The predicted molar refractivity (Wildman–Crippen MR) is 119 cm³/mol. The molecule has 3 atom stereocenters. The van der Waals surface area contributed by atoms with Crippen molar-refractivity contribution < 1.29 is 9.59 Å². The Morgan fingerprint density at radius 3 is 2.23 bits per heavy atom. The second-order valence-electron chi connectivity index (χ2n) is 7.85. The van der Waals surface area contributed by atoms with E-state index < -0.39 is 11.3 Å². The number of fused-ring (bicyclic) bond motifs is 2. The Morgan fingerprint density at radius 2 is 1.57 bits per heavy atom. The molecule has 1 aliphatic carbocycles. The van der Waals surface area contributed by atoms with Gasteiger partial charge in [-0.3, -0.25) is 9.59 Å². The average Bonchev–Trinajstić information content (AvgIpc) is 3.08.